The number of carbonyl (C=O) groups is 6. The molecule has 4 N–H and O–H groups in total. The summed E-state index contributed by atoms with van der Waals surface area (Å²) in [6, 6.07) is 31.8. The van der Waals surface area contributed by atoms with Crippen molar-refractivity contribution in [1.82, 2.24) is 20.4 Å². The molecule has 336 valence electrons. The topological polar surface area (TPSA) is 157 Å². The van der Waals surface area contributed by atoms with Crippen molar-refractivity contribution in [3.63, 3.8) is 0 Å². The van der Waals surface area contributed by atoms with E-state index in [1.54, 1.807) is 0 Å². The molecule has 0 aromatic heterocycles. The first-order valence-electron chi connectivity index (χ1n) is 22.1. The molecule has 4 aliphatic heterocycles. The molecule has 2 unspecified atom stereocenters. The molecule has 4 fully saturated rings. The van der Waals surface area contributed by atoms with Gasteiger partial charge in [-0.15, -0.1) is 0 Å². The highest BCUT2D eigenvalue weighted by atomic mass is 79.9. The first-order valence-corrected chi connectivity index (χ1v) is 23.7. The zero-order chi connectivity index (χ0) is 45.4. The molecule has 0 saturated carbocycles. The average Bonchev–Trinajstić information content (AvgIpc) is 3.27. The molecule has 4 aromatic carbocycles. The summed E-state index contributed by atoms with van der Waals surface area (Å²) in [5, 5.41) is 10.9. The van der Waals surface area contributed by atoms with Gasteiger partial charge in [0.25, 0.3) is 0 Å². The number of benzene rings is 4. The van der Waals surface area contributed by atoms with Crippen LogP contribution in [0.1, 0.15) is 87.5 Å². The first kappa shape index (κ1) is 47.0. The maximum Gasteiger partial charge on any atom is 0.237 e. The van der Waals surface area contributed by atoms with E-state index < -0.39 is 10.8 Å². The highest BCUT2D eigenvalue weighted by Gasteiger charge is 2.52. The van der Waals surface area contributed by atoms with Gasteiger partial charge in [-0.2, -0.15) is 0 Å². The van der Waals surface area contributed by atoms with Crippen LogP contribution in [-0.2, 0) is 52.7 Å². The van der Waals surface area contributed by atoms with Crippen LogP contribution < -0.4 is 21.3 Å². The van der Waals surface area contributed by atoms with Crippen LogP contribution in [0.25, 0.3) is 0 Å². The number of anilines is 2. The third-order valence-electron chi connectivity index (χ3n) is 13.5. The second kappa shape index (κ2) is 20.9. The van der Waals surface area contributed by atoms with E-state index >= 15 is 0 Å². The molecule has 0 aliphatic carbocycles. The molecule has 12 nitrogen and oxygen atoms in total. The number of para-hydroxylation sites is 1. The number of nitrogens with zero attached hydrogens (tertiary/aromatic N) is 2. The van der Waals surface area contributed by atoms with Gasteiger partial charge in [0.2, 0.25) is 35.4 Å². The van der Waals surface area contributed by atoms with Crippen LogP contribution in [0.15, 0.2) is 106 Å². The largest absolute Gasteiger partial charge is 0.326 e. The molecule has 2 atom stereocenters. The van der Waals surface area contributed by atoms with Crippen LogP contribution in [0.2, 0.25) is 0 Å². The van der Waals surface area contributed by atoms with Gasteiger partial charge in [-0.1, -0.05) is 86.5 Å². The summed E-state index contributed by atoms with van der Waals surface area (Å²) in [5.74, 6) is -0.917. The van der Waals surface area contributed by atoms with Gasteiger partial charge in [-0.3, -0.25) is 49.2 Å². The number of hydrogen-bond acceptors (Lipinski definition) is 8. The molecule has 6 amide bonds. The quantitative estimate of drug-likeness (QED) is 0.117. The van der Waals surface area contributed by atoms with Crippen molar-refractivity contribution < 1.29 is 28.8 Å². The highest BCUT2D eigenvalue weighted by molar-refractivity contribution is 9.10. The minimum atomic E-state index is -0.823. The zero-order valence-corrected chi connectivity index (χ0v) is 39.6. The standard InChI is InChI=1S/2C25H28BrN3O3/c1-17(30)27-22-8-4-19(5-9-22)25(13-10-23(31)28-24(25)32)20-11-14-29(15-12-20)16-18-2-6-21(26)7-3-18;1-17(30)27-22-5-3-2-4-21(22)25(13-10-23(31)28-24(25)32)19-11-14-29(15-12-19)16-18-6-8-20(26)9-7-18/h2-9,20H,10-16H2,1H3,(H,27,30)(H,28,31,32);2-9,19H,10-16H2,1H3,(H,27,30)(H,28,31,32). The molecule has 14 heteroatoms. The van der Waals surface area contributed by atoms with Crippen molar-refractivity contribution in [2.75, 3.05) is 36.8 Å². The van der Waals surface area contributed by atoms with Crippen molar-refractivity contribution in [1.29, 1.82) is 0 Å². The Labute approximate surface area is 391 Å². The Kier molecular flexibility index (Phi) is 15.3. The molecule has 64 heavy (non-hydrogen) atoms. The number of carbonyl (C=O) groups excluding carboxylic acids is 6. The van der Waals surface area contributed by atoms with E-state index in [0.29, 0.717) is 37.1 Å². The predicted octanol–water partition coefficient (Wildman–Crippen LogP) is 7.99. The van der Waals surface area contributed by atoms with E-state index in [-0.39, 0.29) is 47.3 Å². The van der Waals surface area contributed by atoms with Crippen LogP contribution in [0.3, 0.4) is 0 Å². The van der Waals surface area contributed by atoms with Gasteiger partial charge in [0.1, 0.15) is 0 Å². The Morgan fingerprint density at radius 1 is 0.594 bits per heavy atom. The van der Waals surface area contributed by atoms with E-state index in [2.05, 4.69) is 111 Å². The Morgan fingerprint density at radius 2 is 1.03 bits per heavy atom. The number of halogens is 2. The van der Waals surface area contributed by atoms with E-state index in [9.17, 15) is 28.8 Å². The molecular formula is C50H56Br2N6O6. The lowest BCUT2D eigenvalue weighted by molar-refractivity contribution is -0.142. The summed E-state index contributed by atoms with van der Waals surface area (Å²) < 4.78 is 2.14. The van der Waals surface area contributed by atoms with Crippen LogP contribution >= 0.6 is 31.9 Å². The van der Waals surface area contributed by atoms with Crippen LogP contribution in [-0.4, -0.2) is 71.4 Å². The van der Waals surface area contributed by atoms with Crippen molar-refractivity contribution >= 4 is 78.7 Å². The summed E-state index contributed by atoms with van der Waals surface area (Å²) in [7, 11) is 0. The smallest absolute Gasteiger partial charge is 0.237 e. The lowest BCUT2D eigenvalue weighted by Crippen LogP contribution is -2.57. The summed E-state index contributed by atoms with van der Waals surface area (Å²) in [6.07, 6.45) is 5.13. The third-order valence-corrected chi connectivity index (χ3v) is 14.5. The maximum absolute atomic E-state index is 13.4. The first-order chi connectivity index (χ1) is 30.7. The lowest BCUT2D eigenvalue weighted by Gasteiger charge is -2.46. The monoisotopic (exact) mass is 994 g/mol. The highest BCUT2D eigenvalue weighted by Crippen LogP contribution is 2.47. The number of amides is 6. The number of imide groups is 2. The minimum absolute atomic E-state index is 0.0895. The Bertz CT molecular complexity index is 2340. The van der Waals surface area contributed by atoms with E-state index in [1.807, 2.05) is 48.5 Å². The second-order valence-corrected chi connectivity index (χ2v) is 19.4. The summed E-state index contributed by atoms with van der Waals surface area (Å²) in [6.45, 7) is 8.29. The van der Waals surface area contributed by atoms with Gasteiger partial charge in [-0.05, 0) is 141 Å². The zero-order valence-electron chi connectivity index (χ0n) is 36.4. The predicted molar refractivity (Wildman–Crippen MR) is 254 cm³/mol. The van der Waals surface area contributed by atoms with E-state index in [4.69, 9.17) is 0 Å². The van der Waals surface area contributed by atoms with Crippen molar-refractivity contribution in [2.24, 2.45) is 11.8 Å². The Hall–Kier alpha value is -5.02. The number of rotatable bonds is 10. The van der Waals surface area contributed by atoms with Crippen molar-refractivity contribution in [3.05, 3.63) is 128 Å². The SMILES string of the molecule is CC(=O)Nc1ccc(C2(C3CCN(Cc4ccc(Br)cc4)CC3)CCC(=O)NC2=O)cc1.CC(=O)Nc1ccccc1C1(C2CCN(Cc3ccc(Br)cc3)CC2)CCC(=O)NC1=O. The summed E-state index contributed by atoms with van der Waals surface area (Å²) in [4.78, 5) is 78.6. The van der Waals surface area contributed by atoms with Gasteiger partial charge < -0.3 is 10.6 Å². The van der Waals surface area contributed by atoms with E-state index in [1.165, 1.54) is 25.0 Å². The molecule has 4 aliphatic rings. The third kappa shape index (κ3) is 10.9. The fraction of sp³-hybridized carbons (Fsp3) is 0.400. The second-order valence-electron chi connectivity index (χ2n) is 17.5. The Morgan fingerprint density at radius 3 is 1.48 bits per heavy atom. The fourth-order valence-corrected chi connectivity index (χ4v) is 10.8. The Balaban J connectivity index is 0.000000191. The van der Waals surface area contributed by atoms with Crippen LogP contribution in [0.5, 0.6) is 0 Å². The number of likely N-dealkylation sites (tertiary alicyclic amines) is 2. The van der Waals surface area contributed by atoms with Gasteiger partial charge in [0, 0.05) is 60.1 Å². The van der Waals surface area contributed by atoms with E-state index in [0.717, 1.165) is 85.0 Å². The van der Waals surface area contributed by atoms with Gasteiger partial charge in [0.05, 0.1) is 10.8 Å². The fourth-order valence-electron chi connectivity index (χ4n) is 10.3. The molecular weight excluding hydrogens is 940 g/mol. The minimum Gasteiger partial charge on any atom is -0.326 e. The number of piperidine rings is 4. The van der Waals surface area contributed by atoms with Crippen molar-refractivity contribution in [2.45, 2.75) is 89.1 Å². The number of nitrogens with one attached hydrogen (secondary N) is 4. The number of hydrogen-bond donors (Lipinski definition) is 4. The van der Waals surface area contributed by atoms with Gasteiger partial charge >= 0.3 is 0 Å². The average molecular weight is 997 g/mol. The molecule has 4 heterocycles. The van der Waals surface area contributed by atoms with Crippen LogP contribution in [0, 0.1) is 11.8 Å². The molecule has 0 spiro atoms. The van der Waals surface area contributed by atoms with Gasteiger partial charge in [0.15, 0.2) is 0 Å². The van der Waals surface area contributed by atoms with Gasteiger partial charge in [-0.25, -0.2) is 0 Å². The molecule has 0 bridgehead atoms. The normalized spacial score (nSPS) is 22.4. The molecule has 0 radical (unpaired) electrons. The summed E-state index contributed by atoms with van der Waals surface area (Å²) in [5.41, 5.74) is 4.09. The van der Waals surface area contributed by atoms with Crippen molar-refractivity contribution in [3.8, 4) is 0 Å². The maximum atomic E-state index is 13.4. The lowest BCUT2D eigenvalue weighted by atomic mass is 9.62. The molecule has 4 aromatic rings. The molecule has 8 rings (SSSR count). The summed E-state index contributed by atoms with van der Waals surface area (Å²) >= 11 is 6.96. The molecule has 4 saturated heterocycles. The van der Waals surface area contributed by atoms with Crippen LogP contribution in [0.4, 0.5) is 11.4 Å².